The van der Waals surface area contributed by atoms with E-state index in [-0.39, 0.29) is 5.13 Å². The highest BCUT2D eigenvalue weighted by atomic mass is 35.5. The largest absolute Gasteiger partial charge is 0.329 e. The number of nitrogens with zero attached hydrogens (tertiary/aromatic N) is 3. The molecule has 0 aliphatic rings. The van der Waals surface area contributed by atoms with Gasteiger partial charge in [-0.05, 0) is 12.1 Å². The van der Waals surface area contributed by atoms with Crippen LogP contribution in [0.3, 0.4) is 0 Å². The van der Waals surface area contributed by atoms with Crippen LogP contribution in [-0.2, 0) is 9.59 Å². The molecule has 0 spiro atoms. The third-order valence-corrected chi connectivity index (χ3v) is 4.78. The number of hydrogen-bond donors (Lipinski definition) is 2. The lowest BCUT2D eigenvalue weighted by Crippen LogP contribution is -2.32. The first-order valence-corrected chi connectivity index (χ1v) is 9.09. The first-order chi connectivity index (χ1) is 13.0. The smallest absolute Gasteiger partial charge is 0.292 e. The lowest BCUT2D eigenvalue weighted by atomic mass is 10.2. The molecule has 1 aromatic heterocycles. The Balaban J connectivity index is 1.59. The van der Waals surface area contributed by atoms with Crippen LogP contribution in [0.15, 0.2) is 53.6 Å². The topological polar surface area (TPSA) is 96.3 Å². The minimum atomic E-state index is -0.967. The summed E-state index contributed by atoms with van der Waals surface area (Å²) in [4.78, 5) is 23.8. The number of anilines is 1. The number of benzene rings is 2. The number of hydrazone groups is 1. The molecule has 2 amide bonds. The summed E-state index contributed by atoms with van der Waals surface area (Å²) in [6.45, 7) is 0. The molecule has 0 unspecified atom stereocenters. The van der Waals surface area contributed by atoms with Crippen molar-refractivity contribution in [2.24, 2.45) is 5.10 Å². The Morgan fingerprint density at radius 3 is 2.37 bits per heavy atom. The Labute approximate surface area is 168 Å². The maximum absolute atomic E-state index is 11.9. The Bertz CT molecular complexity index is 987. The summed E-state index contributed by atoms with van der Waals surface area (Å²) in [5.74, 6) is -1.89. The molecule has 27 heavy (non-hydrogen) atoms. The first-order valence-electron chi connectivity index (χ1n) is 7.52. The van der Waals surface area contributed by atoms with Gasteiger partial charge in [0.05, 0.1) is 16.3 Å². The molecule has 0 saturated heterocycles. The van der Waals surface area contributed by atoms with Crippen molar-refractivity contribution in [1.82, 2.24) is 15.6 Å². The van der Waals surface area contributed by atoms with E-state index in [1.165, 1.54) is 6.21 Å². The number of amides is 2. The van der Waals surface area contributed by atoms with Crippen molar-refractivity contribution in [3.63, 3.8) is 0 Å². The molecule has 3 aromatic rings. The summed E-state index contributed by atoms with van der Waals surface area (Å²) in [5, 5.41) is 15.5. The number of aromatic nitrogens is 2. The summed E-state index contributed by atoms with van der Waals surface area (Å²) >= 11 is 13.1. The molecule has 0 aliphatic heterocycles. The fraction of sp³-hybridized carbons (Fsp3) is 0. The normalized spacial score (nSPS) is 10.7. The summed E-state index contributed by atoms with van der Waals surface area (Å²) in [7, 11) is 0. The van der Waals surface area contributed by atoms with Gasteiger partial charge in [0.2, 0.25) is 5.13 Å². The highest BCUT2D eigenvalue weighted by Gasteiger charge is 2.16. The van der Waals surface area contributed by atoms with Gasteiger partial charge in [-0.1, -0.05) is 70.9 Å². The second kappa shape index (κ2) is 8.72. The van der Waals surface area contributed by atoms with Gasteiger partial charge in [-0.3, -0.25) is 14.9 Å². The lowest BCUT2D eigenvalue weighted by Gasteiger charge is -2.01. The van der Waals surface area contributed by atoms with Crippen LogP contribution in [0.25, 0.3) is 10.6 Å². The maximum Gasteiger partial charge on any atom is 0.329 e. The van der Waals surface area contributed by atoms with E-state index in [0.717, 1.165) is 16.9 Å². The molecule has 3 rings (SSSR count). The van der Waals surface area contributed by atoms with Crippen LogP contribution in [0.5, 0.6) is 0 Å². The van der Waals surface area contributed by atoms with Gasteiger partial charge >= 0.3 is 11.8 Å². The van der Waals surface area contributed by atoms with Crippen LogP contribution in [0.2, 0.25) is 10.0 Å². The average Bonchev–Trinajstić information content (AvgIpc) is 3.13. The van der Waals surface area contributed by atoms with Crippen LogP contribution >= 0.6 is 34.5 Å². The molecule has 1 heterocycles. The number of halogens is 2. The number of carbonyl (C=O) groups is 2. The van der Waals surface area contributed by atoms with Gasteiger partial charge in [-0.25, -0.2) is 5.43 Å². The van der Waals surface area contributed by atoms with E-state index >= 15 is 0 Å². The number of nitrogens with one attached hydrogen (secondary N) is 2. The zero-order valence-electron chi connectivity index (χ0n) is 13.5. The van der Waals surface area contributed by atoms with Gasteiger partial charge < -0.3 is 0 Å². The number of carbonyl (C=O) groups excluding carboxylic acids is 2. The number of rotatable bonds is 4. The second-order valence-electron chi connectivity index (χ2n) is 5.07. The minimum Gasteiger partial charge on any atom is -0.292 e. The standard InChI is InChI=1S/C17H11Cl2N5O2S/c18-12-7-4-8-13(19)11(12)9-20-22-15(26)14(25)21-17-24-23-16(27-17)10-5-2-1-3-6-10/h1-9H,(H,22,26)(H,21,24,25). The van der Waals surface area contributed by atoms with Gasteiger partial charge in [0.1, 0.15) is 5.01 Å². The third kappa shape index (κ3) is 4.88. The highest BCUT2D eigenvalue weighted by molar-refractivity contribution is 7.18. The first kappa shape index (κ1) is 19.0. The molecule has 2 N–H and O–H groups in total. The predicted octanol–water partition coefficient (Wildman–Crippen LogP) is 3.60. The molecule has 136 valence electrons. The van der Waals surface area contributed by atoms with Gasteiger partial charge in [0.15, 0.2) is 0 Å². The molecule has 7 nitrogen and oxygen atoms in total. The molecular weight excluding hydrogens is 409 g/mol. The number of hydrogen-bond acceptors (Lipinski definition) is 6. The van der Waals surface area contributed by atoms with Crippen LogP contribution < -0.4 is 10.7 Å². The van der Waals surface area contributed by atoms with Crippen LogP contribution in [0.1, 0.15) is 5.56 Å². The summed E-state index contributed by atoms with van der Waals surface area (Å²) in [6.07, 6.45) is 1.26. The van der Waals surface area contributed by atoms with Gasteiger partial charge in [0, 0.05) is 11.1 Å². The van der Waals surface area contributed by atoms with Crippen molar-refractivity contribution in [3.8, 4) is 10.6 Å². The molecular formula is C17H11Cl2N5O2S. The Kier molecular flexibility index (Phi) is 6.12. The van der Waals surface area contributed by atoms with E-state index in [1.54, 1.807) is 18.2 Å². The SMILES string of the molecule is O=C(NN=Cc1c(Cl)cccc1Cl)C(=O)Nc1nnc(-c2ccccc2)s1. The summed E-state index contributed by atoms with van der Waals surface area (Å²) in [5.41, 5.74) is 3.39. The zero-order valence-corrected chi connectivity index (χ0v) is 15.8. The van der Waals surface area contributed by atoms with Crippen LogP contribution in [0.4, 0.5) is 5.13 Å². The molecule has 0 atom stereocenters. The Hall–Kier alpha value is -2.81. The van der Waals surface area contributed by atoms with Crippen molar-refractivity contribution in [2.75, 3.05) is 5.32 Å². The van der Waals surface area contributed by atoms with E-state index < -0.39 is 11.8 Å². The Morgan fingerprint density at radius 1 is 0.963 bits per heavy atom. The minimum absolute atomic E-state index is 0.201. The molecule has 0 bridgehead atoms. The van der Waals surface area contributed by atoms with Crippen molar-refractivity contribution >= 4 is 57.7 Å². The zero-order chi connectivity index (χ0) is 19.2. The van der Waals surface area contributed by atoms with Crippen molar-refractivity contribution in [3.05, 3.63) is 64.1 Å². The van der Waals surface area contributed by atoms with Gasteiger partial charge in [0.25, 0.3) is 0 Å². The molecule has 10 heteroatoms. The molecule has 0 fully saturated rings. The molecule has 0 aliphatic carbocycles. The van der Waals surface area contributed by atoms with Crippen LogP contribution in [0, 0.1) is 0 Å². The summed E-state index contributed by atoms with van der Waals surface area (Å²) in [6, 6.07) is 14.3. The summed E-state index contributed by atoms with van der Waals surface area (Å²) < 4.78 is 0. The third-order valence-electron chi connectivity index (χ3n) is 3.23. The molecule has 0 saturated carbocycles. The van der Waals surface area contributed by atoms with Crippen LogP contribution in [-0.4, -0.2) is 28.2 Å². The second-order valence-corrected chi connectivity index (χ2v) is 6.86. The van der Waals surface area contributed by atoms with E-state index in [0.29, 0.717) is 20.6 Å². The molecule has 0 radical (unpaired) electrons. The fourth-order valence-corrected chi connectivity index (χ4v) is 3.20. The molecule has 2 aromatic carbocycles. The average molecular weight is 420 g/mol. The van der Waals surface area contributed by atoms with E-state index in [4.69, 9.17) is 23.2 Å². The van der Waals surface area contributed by atoms with Gasteiger partial charge in [-0.2, -0.15) is 5.10 Å². The van der Waals surface area contributed by atoms with Gasteiger partial charge in [-0.15, -0.1) is 10.2 Å². The van der Waals surface area contributed by atoms with E-state index in [2.05, 4.69) is 26.0 Å². The highest BCUT2D eigenvalue weighted by Crippen LogP contribution is 2.25. The maximum atomic E-state index is 11.9. The quantitative estimate of drug-likeness (QED) is 0.383. The fourth-order valence-electron chi connectivity index (χ4n) is 1.97. The van der Waals surface area contributed by atoms with E-state index in [9.17, 15) is 9.59 Å². The lowest BCUT2D eigenvalue weighted by molar-refractivity contribution is -0.136. The van der Waals surface area contributed by atoms with E-state index in [1.807, 2.05) is 30.3 Å². The Morgan fingerprint density at radius 2 is 1.67 bits per heavy atom. The monoisotopic (exact) mass is 419 g/mol. The van der Waals surface area contributed by atoms with Crippen molar-refractivity contribution in [1.29, 1.82) is 0 Å². The van der Waals surface area contributed by atoms with Crippen molar-refractivity contribution < 1.29 is 9.59 Å². The predicted molar refractivity (Wildman–Crippen MR) is 106 cm³/mol. The van der Waals surface area contributed by atoms with Crippen molar-refractivity contribution in [2.45, 2.75) is 0 Å².